The predicted molar refractivity (Wildman–Crippen MR) is 45.3 cm³/mol. The summed E-state index contributed by atoms with van der Waals surface area (Å²) in [7, 11) is 0. The maximum absolute atomic E-state index is 10.8. The van der Waals surface area contributed by atoms with E-state index in [0.717, 1.165) is 24.6 Å². The molecule has 0 N–H and O–H groups in total. The number of rotatable bonds is 2. The number of hydrogen-bond acceptors (Lipinski definition) is 4. The quantitative estimate of drug-likeness (QED) is 0.623. The molecular weight excluding hydrogens is 162 g/mol. The van der Waals surface area contributed by atoms with Crippen molar-refractivity contribution in [2.24, 2.45) is 0 Å². The van der Waals surface area contributed by atoms with Crippen molar-refractivity contribution in [3.05, 3.63) is 0 Å². The molecule has 0 aliphatic carbocycles. The Balaban J connectivity index is 2.19. The van der Waals surface area contributed by atoms with Crippen molar-refractivity contribution in [2.45, 2.75) is 13.3 Å². The molecule has 0 aromatic heterocycles. The van der Waals surface area contributed by atoms with Gasteiger partial charge < -0.3 is 4.84 Å². The van der Waals surface area contributed by atoms with Crippen molar-refractivity contribution in [1.29, 1.82) is 0 Å². The van der Waals surface area contributed by atoms with E-state index in [1.165, 1.54) is 0 Å². The number of carbonyl (C=O) groups is 1. The number of carbonyl (C=O) groups excluding carboxylic acids is 1. The molecule has 1 fully saturated rings. The van der Waals surface area contributed by atoms with Crippen molar-refractivity contribution in [2.75, 3.05) is 24.6 Å². The van der Waals surface area contributed by atoms with Crippen LogP contribution in [-0.4, -0.2) is 35.6 Å². The van der Waals surface area contributed by atoms with Gasteiger partial charge in [-0.05, 0) is 0 Å². The van der Waals surface area contributed by atoms with Crippen molar-refractivity contribution in [3.8, 4) is 0 Å². The number of nitrogens with zero attached hydrogens (tertiary/aromatic N) is 1. The van der Waals surface area contributed by atoms with Gasteiger partial charge in [-0.2, -0.15) is 11.8 Å². The largest absolute Gasteiger partial charge is 0.368 e. The maximum Gasteiger partial charge on any atom is 0.324 e. The fraction of sp³-hybridized carbons (Fsp3) is 0.857. The normalized spacial score (nSPS) is 19.7. The zero-order valence-electron chi connectivity index (χ0n) is 6.71. The lowest BCUT2D eigenvalue weighted by molar-refractivity contribution is -0.188. The van der Waals surface area contributed by atoms with Gasteiger partial charge in [-0.25, -0.2) is 0 Å². The molecule has 11 heavy (non-hydrogen) atoms. The average molecular weight is 175 g/mol. The van der Waals surface area contributed by atoms with Crippen LogP contribution >= 0.6 is 11.8 Å². The van der Waals surface area contributed by atoms with Crippen molar-refractivity contribution in [1.82, 2.24) is 5.06 Å². The highest BCUT2D eigenvalue weighted by molar-refractivity contribution is 7.99. The summed E-state index contributed by atoms with van der Waals surface area (Å²) in [5, 5.41) is 1.75. The fourth-order valence-corrected chi connectivity index (χ4v) is 1.72. The van der Waals surface area contributed by atoms with E-state index < -0.39 is 0 Å². The Bertz CT molecular complexity index is 134. The summed E-state index contributed by atoms with van der Waals surface area (Å²) < 4.78 is 0. The van der Waals surface area contributed by atoms with Gasteiger partial charge in [-0.3, -0.25) is 4.79 Å². The molecule has 1 rings (SSSR count). The average Bonchev–Trinajstić information content (AvgIpc) is 2.06. The minimum Gasteiger partial charge on any atom is -0.368 e. The first-order valence-corrected chi connectivity index (χ1v) is 5.02. The number of thioether (sulfide) groups is 1. The van der Waals surface area contributed by atoms with Crippen LogP contribution in [0.4, 0.5) is 0 Å². The van der Waals surface area contributed by atoms with Gasteiger partial charge in [0, 0.05) is 31.0 Å². The Morgan fingerprint density at radius 3 is 2.73 bits per heavy atom. The number of hydrogen-bond donors (Lipinski definition) is 0. The van der Waals surface area contributed by atoms with Crippen LogP contribution < -0.4 is 0 Å². The standard InChI is InChI=1S/C7H13NO2S/c1-2-7(9)10-8-3-5-11-6-4-8/h2-6H2,1H3. The molecule has 0 aromatic rings. The molecule has 1 aliphatic rings. The van der Waals surface area contributed by atoms with Gasteiger partial charge >= 0.3 is 5.97 Å². The molecule has 0 saturated carbocycles. The van der Waals surface area contributed by atoms with E-state index in [1.54, 1.807) is 12.0 Å². The second-order valence-electron chi connectivity index (χ2n) is 2.36. The highest BCUT2D eigenvalue weighted by Gasteiger charge is 2.13. The molecule has 3 nitrogen and oxygen atoms in total. The second kappa shape index (κ2) is 4.62. The molecule has 0 atom stereocenters. The summed E-state index contributed by atoms with van der Waals surface area (Å²) in [5.74, 6) is 2.01. The van der Waals surface area contributed by atoms with Crippen LogP contribution in [0.25, 0.3) is 0 Å². The molecule has 0 amide bonds. The molecule has 0 spiro atoms. The van der Waals surface area contributed by atoms with E-state index in [0.29, 0.717) is 6.42 Å². The molecule has 0 radical (unpaired) electrons. The van der Waals surface area contributed by atoms with E-state index in [1.807, 2.05) is 11.8 Å². The van der Waals surface area contributed by atoms with Gasteiger partial charge in [-0.1, -0.05) is 6.92 Å². The lowest BCUT2D eigenvalue weighted by Crippen LogP contribution is -2.34. The van der Waals surface area contributed by atoms with Crippen LogP contribution in [0.2, 0.25) is 0 Å². The summed E-state index contributed by atoms with van der Waals surface area (Å²) in [4.78, 5) is 15.8. The topological polar surface area (TPSA) is 29.5 Å². The van der Waals surface area contributed by atoms with Crippen LogP contribution in [0.1, 0.15) is 13.3 Å². The molecule has 0 bridgehead atoms. The molecule has 4 heteroatoms. The van der Waals surface area contributed by atoms with E-state index in [-0.39, 0.29) is 5.97 Å². The molecular formula is C7H13NO2S. The van der Waals surface area contributed by atoms with Crippen molar-refractivity contribution in [3.63, 3.8) is 0 Å². The van der Waals surface area contributed by atoms with Gasteiger partial charge in [0.25, 0.3) is 0 Å². The Hall–Kier alpha value is -0.220. The monoisotopic (exact) mass is 175 g/mol. The summed E-state index contributed by atoms with van der Waals surface area (Å²) >= 11 is 1.90. The third-order valence-electron chi connectivity index (χ3n) is 1.49. The molecule has 0 unspecified atom stereocenters. The number of hydroxylamine groups is 2. The van der Waals surface area contributed by atoms with Crippen LogP contribution in [0.15, 0.2) is 0 Å². The molecule has 1 aliphatic heterocycles. The van der Waals surface area contributed by atoms with Crippen LogP contribution in [0.5, 0.6) is 0 Å². The van der Waals surface area contributed by atoms with Crippen LogP contribution in [-0.2, 0) is 9.63 Å². The summed E-state index contributed by atoms with van der Waals surface area (Å²) in [6, 6.07) is 0. The van der Waals surface area contributed by atoms with Gasteiger partial charge in [-0.15, -0.1) is 5.06 Å². The summed E-state index contributed by atoms with van der Waals surface area (Å²) in [5.41, 5.74) is 0. The maximum atomic E-state index is 10.8. The Kier molecular flexibility index (Phi) is 3.72. The van der Waals surface area contributed by atoms with Crippen molar-refractivity contribution < 1.29 is 9.63 Å². The first-order chi connectivity index (χ1) is 5.33. The van der Waals surface area contributed by atoms with Gasteiger partial charge in [0.2, 0.25) is 0 Å². The van der Waals surface area contributed by atoms with E-state index in [9.17, 15) is 4.79 Å². The zero-order chi connectivity index (χ0) is 8.10. The summed E-state index contributed by atoms with van der Waals surface area (Å²) in [6.07, 6.45) is 0.462. The van der Waals surface area contributed by atoms with Gasteiger partial charge in [0.1, 0.15) is 0 Å². The van der Waals surface area contributed by atoms with Gasteiger partial charge in [0.05, 0.1) is 0 Å². The first-order valence-electron chi connectivity index (χ1n) is 3.86. The Morgan fingerprint density at radius 2 is 2.18 bits per heavy atom. The predicted octanol–water partition coefficient (Wildman–Crippen LogP) is 0.903. The smallest absolute Gasteiger partial charge is 0.324 e. The highest BCUT2D eigenvalue weighted by Crippen LogP contribution is 2.09. The summed E-state index contributed by atoms with van der Waals surface area (Å²) in [6.45, 7) is 3.55. The molecule has 0 aromatic carbocycles. The third-order valence-corrected chi connectivity index (χ3v) is 2.43. The lowest BCUT2D eigenvalue weighted by Gasteiger charge is -2.24. The second-order valence-corrected chi connectivity index (χ2v) is 3.58. The minimum atomic E-state index is -0.128. The Labute approximate surface area is 71.0 Å². The zero-order valence-corrected chi connectivity index (χ0v) is 7.52. The van der Waals surface area contributed by atoms with Gasteiger partial charge in [0.15, 0.2) is 0 Å². The minimum absolute atomic E-state index is 0.128. The van der Waals surface area contributed by atoms with Crippen LogP contribution in [0, 0.1) is 0 Å². The SMILES string of the molecule is CCC(=O)ON1CCSCC1. The lowest BCUT2D eigenvalue weighted by atomic mass is 10.5. The fourth-order valence-electron chi connectivity index (χ4n) is 0.846. The molecule has 1 heterocycles. The van der Waals surface area contributed by atoms with E-state index in [2.05, 4.69) is 0 Å². The van der Waals surface area contributed by atoms with E-state index >= 15 is 0 Å². The highest BCUT2D eigenvalue weighted by atomic mass is 32.2. The molecule has 1 saturated heterocycles. The van der Waals surface area contributed by atoms with Crippen molar-refractivity contribution >= 4 is 17.7 Å². The molecule has 64 valence electrons. The third kappa shape index (κ3) is 3.12. The van der Waals surface area contributed by atoms with E-state index in [4.69, 9.17) is 4.84 Å². The first kappa shape index (κ1) is 8.87. The van der Waals surface area contributed by atoms with Crippen LogP contribution in [0.3, 0.4) is 0 Å². The Morgan fingerprint density at radius 1 is 1.55 bits per heavy atom.